The van der Waals surface area contributed by atoms with Gasteiger partial charge in [-0.15, -0.1) is 0 Å². The van der Waals surface area contributed by atoms with Crippen molar-refractivity contribution in [2.24, 2.45) is 5.73 Å². The Balaban J connectivity index is 3.42. The van der Waals surface area contributed by atoms with Gasteiger partial charge in [-0.2, -0.15) is 0 Å². The lowest BCUT2D eigenvalue weighted by atomic mass is 9.91. The molecule has 0 aliphatic rings. The second-order valence-corrected chi connectivity index (χ2v) is 4.30. The zero-order valence-electron chi connectivity index (χ0n) is 8.77. The zero-order chi connectivity index (χ0) is 12.5. The normalized spacial score (nSPS) is 14.6. The minimum absolute atomic E-state index is 0.100. The van der Waals surface area contributed by atoms with Gasteiger partial charge in [-0.25, -0.2) is 4.39 Å². The van der Waals surface area contributed by atoms with Crippen LogP contribution in [0.3, 0.4) is 0 Å². The minimum Gasteiger partial charge on any atom is -0.368 e. The van der Waals surface area contributed by atoms with Gasteiger partial charge < -0.3 is 11.1 Å². The van der Waals surface area contributed by atoms with Crippen LogP contribution in [0.1, 0.15) is 12.5 Å². The molecule has 88 valence electrons. The molecule has 1 aromatic carbocycles. The quantitative estimate of drug-likeness (QED) is 0.822. The van der Waals surface area contributed by atoms with E-state index in [1.165, 1.54) is 20.0 Å². The van der Waals surface area contributed by atoms with E-state index in [-0.39, 0.29) is 15.6 Å². The number of nitrogens with one attached hydrogen (secondary N) is 1. The van der Waals surface area contributed by atoms with Gasteiger partial charge in [0.05, 0.1) is 5.02 Å². The van der Waals surface area contributed by atoms with E-state index < -0.39 is 17.3 Å². The van der Waals surface area contributed by atoms with Crippen LogP contribution in [-0.4, -0.2) is 13.0 Å². The van der Waals surface area contributed by atoms with Crippen molar-refractivity contribution in [3.8, 4) is 0 Å². The predicted octanol–water partition coefficient (Wildman–Crippen LogP) is 2.05. The van der Waals surface area contributed by atoms with Crippen LogP contribution < -0.4 is 11.1 Å². The summed E-state index contributed by atoms with van der Waals surface area (Å²) in [6.07, 6.45) is 0. The lowest BCUT2D eigenvalue weighted by molar-refractivity contribution is -0.123. The van der Waals surface area contributed by atoms with Crippen molar-refractivity contribution in [3.05, 3.63) is 33.6 Å². The smallest absolute Gasteiger partial charge is 0.242 e. The van der Waals surface area contributed by atoms with Crippen LogP contribution in [0, 0.1) is 5.82 Å². The summed E-state index contributed by atoms with van der Waals surface area (Å²) in [4.78, 5) is 11.3. The summed E-state index contributed by atoms with van der Waals surface area (Å²) in [6.45, 7) is 1.52. The van der Waals surface area contributed by atoms with E-state index in [1.54, 1.807) is 0 Å². The number of primary amides is 1. The predicted molar refractivity (Wildman–Crippen MR) is 62.0 cm³/mol. The van der Waals surface area contributed by atoms with Gasteiger partial charge in [-0.1, -0.05) is 23.2 Å². The number of rotatable bonds is 3. The van der Waals surface area contributed by atoms with Crippen molar-refractivity contribution < 1.29 is 9.18 Å². The van der Waals surface area contributed by atoms with E-state index in [1.807, 2.05) is 0 Å². The molecule has 0 saturated heterocycles. The van der Waals surface area contributed by atoms with Crippen molar-refractivity contribution in [3.63, 3.8) is 0 Å². The fourth-order valence-corrected chi connectivity index (χ4v) is 1.87. The fraction of sp³-hybridized carbons (Fsp3) is 0.300. The van der Waals surface area contributed by atoms with Gasteiger partial charge in [0.2, 0.25) is 5.91 Å². The van der Waals surface area contributed by atoms with Crippen LogP contribution in [-0.2, 0) is 10.3 Å². The summed E-state index contributed by atoms with van der Waals surface area (Å²) < 4.78 is 13.3. The average Bonchev–Trinajstić information content (AvgIpc) is 2.22. The molecule has 0 aliphatic carbocycles. The first kappa shape index (κ1) is 13.2. The third kappa shape index (κ3) is 2.14. The highest BCUT2D eigenvalue weighted by Crippen LogP contribution is 2.31. The van der Waals surface area contributed by atoms with E-state index >= 15 is 0 Å². The Bertz CT molecular complexity index is 439. The van der Waals surface area contributed by atoms with Gasteiger partial charge in [0, 0.05) is 10.6 Å². The van der Waals surface area contributed by atoms with Crippen LogP contribution >= 0.6 is 23.2 Å². The Morgan fingerprint density at radius 2 is 2.00 bits per heavy atom. The molecule has 0 radical (unpaired) electrons. The second-order valence-electron chi connectivity index (χ2n) is 3.49. The van der Waals surface area contributed by atoms with Gasteiger partial charge >= 0.3 is 0 Å². The Hall–Kier alpha value is -0.840. The van der Waals surface area contributed by atoms with E-state index in [0.717, 1.165) is 6.07 Å². The van der Waals surface area contributed by atoms with E-state index in [0.29, 0.717) is 0 Å². The molecule has 1 aromatic rings. The Kier molecular flexibility index (Phi) is 3.78. The second kappa shape index (κ2) is 4.57. The number of amides is 1. The van der Waals surface area contributed by atoms with E-state index in [2.05, 4.69) is 5.32 Å². The van der Waals surface area contributed by atoms with Crippen molar-refractivity contribution in [2.45, 2.75) is 12.5 Å². The van der Waals surface area contributed by atoms with Crippen molar-refractivity contribution in [1.82, 2.24) is 5.32 Å². The third-order valence-electron chi connectivity index (χ3n) is 2.54. The minimum atomic E-state index is -1.23. The molecule has 0 heterocycles. The highest BCUT2D eigenvalue weighted by Gasteiger charge is 2.34. The largest absolute Gasteiger partial charge is 0.368 e. The maximum atomic E-state index is 13.3. The average molecular weight is 265 g/mol. The lowest BCUT2D eigenvalue weighted by Crippen LogP contribution is -2.48. The highest BCUT2D eigenvalue weighted by atomic mass is 35.5. The summed E-state index contributed by atoms with van der Waals surface area (Å²) in [5, 5.41) is 2.80. The third-order valence-corrected chi connectivity index (χ3v) is 3.14. The zero-order valence-corrected chi connectivity index (χ0v) is 10.3. The molecule has 1 unspecified atom stereocenters. The molecule has 0 aliphatic heterocycles. The van der Waals surface area contributed by atoms with E-state index in [9.17, 15) is 9.18 Å². The molecule has 3 N–H and O–H groups in total. The standard InChI is InChI=1S/C10H11Cl2FN2O/c1-10(15-2,9(14)16)5-3-8(13)7(12)4-6(5)11/h3-4,15H,1-2H3,(H2,14,16). The lowest BCUT2D eigenvalue weighted by Gasteiger charge is -2.27. The first-order valence-corrected chi connectivity index (χ1v) is 5.22. The molecule has 0 aromatic heterocycles. The number of benzene rings is 1. The number of halogens is 3. The van der Waals surface area contributed by atoms with Crippen LogP contribution in [0.25, 0.3) is 0 Å². The molecule has 6 heteroatoms. The topological polar surface area (TPSA) is 55.1 Å². The van der Waals surface area contributed by atoms with Gasteiger partial charge in [-0.05, 0) is 26.1 Å². The SMILES string of the molecule is CNC(C)(C(N)=O)c1cc(F)c(Cl)cc1Cl. The van der Waals surface area contributed by atoms with E-state index in [4.69, 9.17) is 28.9 Å². The van der Waals surface area contributed by atoms with Crippen LogP contribution in [0.15, 0.2) is 12.1 Å². The first-order chi connectivity index (χ1) is 7.32. The molecule has 0 fully saturated rings. The van der Waals surface area contributed by atoms with Crippen LogP contribution in [0.4, 0.5) is 4.39 Å². The summed E-state index contributed by atoms with van der Waals surface area (Å²) in [7, 11) is 1.54. The summed E-state index contributed by atoms with van der Waals surface area (Å²) in [6, 6.07) is 2.35. The molecule has 0 saturated carbocycles. The number of hydrogen-bond donors (Lipinski definition) is 2. The maximum Gasteiger partial charge on any atom is 0.242 e. The van der Waals surface area contributed by atoms with Crippen molar-refractivity contribution in [1.29, 1.82) is 0 Å². The number of hydrogen-bond acceptors (Lipinski definition) is 2. The number of likely N-dealkylation sites (N-methyl/N-ethyl adjacent to an activating group) is 1. The summed E-state index contributed by atoms with van der Waals surface area (Å²) in [5.41, 5.74) is 4.28. The molecular weight excluding hydrogens is 254 g/mol. The Labute approximate surface area is 103 Å². The van der Waals surface area contributed by atoms with Gasteiger partial charge in [0.25, 0.3) is 0 Å². The van der Waals surface area contributed by atoms with Gasteiger partial charge in [-0.3, -0.25) is 4.79 Å². The molecule has 1 rings (SSSR count). The van der Waals surface area contributed by atoms with Gasteiger partial charge in [0.15, 0.2) is 0 Å². The van der Waals surface area contributed by atoms with Crippen LogP contribution in [0.2, 0.25) is 10.0 Å². The molecule has 0 bridgehead atoms. The fourth-order valence-electron chi connectivity index (χ4n) is 1.30. The van der Waals surface area contributed by atoms with Gasteiger partial charge in [0.1, 0.15) is 11.4 Å². The molecule has 1 amide bonds. The summed E-state index contributed by atoms with van der Waals surface area (Å²) in [5.74, 6) is -1.30. The van der Waals surface area contributed by atoms with Crippen molar-refractivity contribution >= 4 is 29.1 Å². The molecule has 3 nitrogen and oxygen atoms in total. The van der Waals surface area contributed by atoms with Crippen LogP contribution in [0.5, 0.6) is 0 Å². The maximum absolute atomic E-state index is 13.3. The van der Waals surface area contributed by atoms with Crippen molar-refractivity contribution in [2.75, 3.05) is 7.05 Å². The monoisotopic (exact) mass is 264 g/mol. The molecule has 1 atom stereocenters. The highest BCUT2D eigenvalue weighted by molar-refractivity contribution is 6.35. The number of carbonyl (C=O) groups excluding carboxylic acids is 1. The molecule has 16 heavy (non-hydrogen) atoms. The Morgan fingerprint density at radius 3 is 2.44 bits per heavy atom. The number of carbonyl (C=O) groups is 1. The number of nitrogens with two attached hydrogens (primary N) is 1. The molecular formula is C10H11Cl2FN2O. The molecule has 0 spiro atoms. The first-order valence-electron chi connectivity index (χ1n) is 4.46. The summed E-state index contributed by atoms with van der Waals surface area (Å²) >= 11 is 11.5. The Morgan fingerprint density at radius 1 is 1.44 bits per heavy atom.